The number of aromatic nitrogens is 1. The van der Waals surface area contributed by atoms with Gasteiger partial charge in [-0.15, -0.1) is 0 Å². The van der Waals surface area contributed by atoms with Crippen molar-refractivity contribution >= 4 is 0 Å². The number of nitrogens with one attached hydrogen (secondary N) is 1. The summed E-state index contributed by atoms with van der Waals surface area (Å²) in [5, 5.41) is 3.51. The van der Waals surface area contributed by atoms with Crippen LogP contribution in [0.5, 0.6) is 0 Å². The molecule has 1 saturated carbocycles. The van der Waals surface area contributed by atoms with Crippen LogP contribution in [0, 0.1) is 5.92 Å². The molecule has 2 atom stereocenters. The summed E-state index contributed by atoms with van der Waals surface area (Å²) in [4.78, 5) is 11.4. The van der Waals surface area contributed by atoms with E-state index in [1.54, 1.807) is 16.7 Å². The SMILES string of the molecule is CCCC1CC1NCCn1ccccc1=O. The molecule has 1 fully saturated rings. The zero-order valence-electron chi connectivity index (χ0n) is 9.86. The first-order chi connectivity index (χ1) is 7.81. The molecule has 2 unspecified atom stereocenters. The van der Waals surface area contributed by atoms with Crippen molar-refractivity contribution in [1.29, 1.82) is 0 Å². The molecule has 1 aromatic rings. The summed E-state index contributed by atoms with van der Waals surface area (Å²) in [5.41, 5.74) is 0.0882. The van der Waals surface area contributed by atoms with E-state index in [9.17, 15) is 4.79 Å². The van der Waals surface area contributed by atoms with E-state index >= 15 is 0 Å². The van der Waals surface area contributed by atoms with Crippen LogP contribution in [0.15, 0.2) is 29.2 Å². The number of nitrogens with zero attached hydrogens (tertiary/aromatic N) is 1. The van der Waals surface area contributed by atoms with Gasteiger partial charge in [0.05, 0.1) is 0 Å². The lowest BCUT2D eigenvalue weighted by atomic mass is 10.2. The average Bonchev–Trinajstić information content (AvgIpc) is 3.00. The topological polar surface area (TPSA) is 34.0 Å². The first-order valence-corrected chi connectivity index (χ1v) is 6.20. The highest BCUT2D eigenvalue weighted by Crippen LogP contribution is 2.34. The molecule has 3 nitrogen and oxygen atoms in total. The van der Waals surface area contributed by atoms with Crippen LogP contribution in [0.3, 0.4) is 0 Å². The summed E-state index contributed by atoms with van der Waals surface area (Å²) in [6.45, 7) is 3.91. The molecule has 1 aromatic heterocycles. The monoisotopic (exact) mass is 220 g/mol. The van der Waals surface area contributed by atoms with Gasteiger partial charge < -0.3 is 9.88 Å². The molecule has 0 saturated heterocycles. The van der Waals surface area contributed by atoms with Gasteiger partial charge in [0.1, 0.15) is 0 Å². The lowest BCUT2D eigenvalue weighted by molar-refractivity contribution is 0.551. The maximum absolute atomic E-state index is 11.4. The zero-order valence-corrected chi connectivity index (χ0v) is 9.86. The number of pyridine rings is 1. The van der Waals surface area contributed by atoms with E-state index in [0.29, 0.717) is 6.04 Å². The Morgan fingerprint density at radius 1 is 1.50 bits per heavy atom. The van der Waals surface area contributed by atoms with E-state index < -0.39 is 0 Å². The molecule has 1 aliphatic rings. The van der Waals surface area contributed by atoms with E-state index in [4.69, 9.17) is 0 Å². The second kappa shape index (κ2) is 5.30. The molecule has 1 aliphatic carbocycles. The van der Waals surface area contributed by atoms with Gasteiger partial charge in [-0.25, -0.2) is 0 Å². The fourth-order valence-electron chi connectivity index (χ4n) is 2.20. The Bertz CT molecular complexity index is 386. The number of rotatable bonds is 6. The van der Waals surface area contributed by atoms with Crippen LogP contribution >= 0.6 is 0 Å². The normalized spacial score (nSPS) is 23.3. The van der Waals surface area contributed by atoms with Gasteiger partial charge in [0.2, 0.25) is 0 Å². The Kier molecular flexibility index (Phi) is 3.78. The lowest BCUT2D eigenvalue weighted by Gasteiger charge is -2.06. The number of hydrogen-bond donors (Lipinski definition) is 1. The second-order valence-corrected chi connectivity index (χ2v) is 4.58. The van der Waals surface area contributed by atoms with Crippen molar-refractivity contribution in [3.05, 3.63) is 34.7 Å². The molecule has 3 heteroatoms. The predicted molar refractivity (Wildman–Crippen MR) is 65.5 cm³/mol. The minimum Gasteiger partial charge on any atom is -0.314 e. The van der Waals surface area contributed by atoms with Crippen LogP contribution in [-0.4, -0.2) is 17.2 Å². The van der Waals surface area contributed by atoms with Gasteiger partial charge in [-0.2, -0.15) is 0 Å². The van der Waals surface area contributed by atoms with Gasteiger partial charge in [0.15, 0.2) is 0 Å². The summed E-state index contributed by atoms with van der Waals surface area (Å²) in [6, 6.07) is 6.00. The largest absolute Gasteiger partial charge is 0.314 e. The van der Waals surface area contributed by atoms with E-state index in [1.165, 1.54) is 19.3 Å². The van der Waals surface area contributed by atoms with Crippen LogP contribution in [-0.2, 0) is 6.54 Å². The van der Waals surface area contributed by atoms with Crippen LogP contribution in [0.1, 0.15) is 26.2 Å². The van der Waals surface area contributed by atoms with Crippen molar-refractivity contribution in [2.45, 2.75) is 38.8 Å². The van der Waals surface area contributed by atoms with Crippen LogP contribution in [0.25, 0.3) is 0 Å². The fraction of sp³-hybridized carbons (Fsp3) is 0.615. The van der Waals surface area contributed by atoms with Crippen molar-refractivity contribution in [3.63, 3.8) is 0 Å². The van der Waals surface area contributed by atoms with E-state index in [0.717, 1.165) is 19.0 Å². The molecule has 2 rings (SSSR count). The van der Waals surface area contributed by atoms with Crippen molar-refractivity contribution in [1.82, 2.24) is 9.88 Å². The highest BCUT2D eigenvalue weighted by Gasteiger charge is 2.34. The summed E-state index contributed by atoms with van der Waals surface area (Å²) < 4.78 is 1.75. The number of hydrogen-bond acceptors (Lipinski definition) is 2. The quantitative estimate of drug-likeness (QED) is 0.790. The molecule has 16 heavy (non-hydrogen) atoms. The summed E-state index contributed by atoms with van der Waals surface area (Å²) in [7, 11) is 0. The van der Waals surface area contributed by atoms with Gasteiger partial charge in [-0.05, 0) is 24.8 Å². The molecule has 0 amide bonds. The summed E-state index contributed by atoms with van der Waals surface area (Å²) in [5.74, 6) is 0.887. The Balaban J connectivity index is 1.70. The highest BCUT2D eigenvalue weighted by molar-refractivity contribution is 4.94. The maximum Gasteiger partial charge on any atom is 0.250 e. The Morgan fingerprint density at radius 3 is 3.12 bits per heavy atom. The highest BCUT2D eigenvalue weighted by atomic mass is 16.1. The van der Waals surface area contributed by atoms with Crippen LogP contribution < -0.4 is 10.9 Å². The fourth-order valence-corrected chi connectivity index (χ4v) is 2.20. The van der Waals surface area contributed by atoms with E-state index in [-0.39, 0.29) is 5.56 Å². The van der Waals surface area contributed by atoms with Gasteiger partial charge in [-0.1, -0.05) is 19.4 Å². The van der Waals surface area contributed by atoms with Crippen molar-refractivity contribution in [3.8, 4) is 0 Å². The Labute approximate surface area is 96.5 Å². The molecule has 0 spiro atoms. The summed E-state index contributed by atoms with van der Waals surface area (Å²) in [6.07, 6.45) is 5.78. The van der Waals surface area contributed by atoms with Crippen molar-refractivity contribution in [2.24, 2.45) is 5.92 Å². The van der Waals surface area contributed by atoms with E-state index in [2.05, 4.69) is 12.2 Å². The molecule has 1 heterocycles. The lowest BCUT2D eigenvalue weighted by Crippen LogP contribution is -2.27. The summed E-state index contributed by atoms with van der Waals surface area (Å²) >= 11 is 0. The van der Waals surface area contributed by atoms with Gasteiger partial charge >= 0.3 is 0 Å². The second-order valence-electron chi connectivity index (χ2n) is 4.58. The van der Waals surface area contributed by atoms with Gasteiger partial charge in [0, 0.05) is 31.4 Å². The molecule has 0 aromatic carbocycles. The molecular weight excluding hydrogens is 200 g/mol. The molecule has 0 aliphatic heterocycles. The first-order valence-electron chi connectivity index (χ1n) is 6.20. The molecule has 0 radical (unpaired) electrons. The van der Waals surface area contributed by atoms with Gasteiger partial charge in [-0.3, -0.25) is 4.79 Å². The van der Waals surface area contributed by atoms with Crippen LogP contribution in [0.2, 0.25) is 0 Å². The Hall–Kier alpha value is -1.09. The third-order valence-corrected chi connectivity index (χ3v) is 3.24. The van der Waals surface area contributed by atoms with Gasteiger partial charge in [0.25, 0.3) is 5.56 Å². The smallest absolute Gasteiger partial charge is 0.250 e. The minimum absolute atomic E-state index is 0.0882. The average molecular weight is 220 g/mol. The Morgan fingerprint density at radius 2 is 2.38 bits per heavy atom. The molecule has 0 bridgehead atoms. The zero-order chi connectivity index (χ0) is 11.4. The molecule has 88 valence electrons. The minimum atomic E-state index is 0.0882. The first kappa shape index (κ1) is 11.4. The van der Waals surface area contributed by atoms with Crippen molar-refractivity contribution in [2.75, 3.05) is 6.54 Å². The predicted octanol–water partition coefficient (Wildman–Crippen LogP) is 1.63. The van der Waals surface area contributed by atoms with Crippen molar-refractivity contribution < 1.29 is 0 Å². The third kappa shape index (κ3) is 2.95. The molecule has 1 N–H and O–H groups in total. The van der Waals surface area contributed by atoms with E-state index in [1.807, 2.05) is 12.3 Å². The van der Waals surface area contributed by atoms with Crippen LogP contribution in [0.4, 0.5) is 0 Å². The molecular formula is C13H20N2O. The third-order valence-electron chi connectivity index (χ3n) is 3.24. The standard InChI is InChI=1S/C13H20N2O/c1-2-5-11-10-12(11)14-7-9-15-8-4-3-6-13(15)16/h3-4,6,8,11-12,14H,2,5,7,9-10H2,1H3. The maximum atomic E-state index is 11.4.